The highest BCUT2D eigenvalue weighted by atomic mass is 79.9. The lowest BCUT2D eigenvalue weighted by molar-refractivity contribution is 0.0539. The number of para-hydroxylation sites is 1. The zero-order chi connectivity index (χ0) is 21.0. The number of nitrogens with zero attached hydrogens (tertiary/aromatic N) is 2. The largest absolute Gasteiger partial charge is 0.443 e. The molecule has 1 aromatic heterocycles. The normalized spacial score (nSPS) is 11.6. The van der Waals surface area contributed by atoms with Gasteiger partial charge in [-0.05, 0) is 79.4 Å². The Kier molecular flexibility index (Phi) is 6.59. The Balaban J connectivity index is 1.99. The third-order valence-corrected chi connectivity index (χ3v) is 4.99. The van der Waals surface area contributed by atoms with Crippen LogP contribution in [0.25, 0.3) is 11.0 Å². The third-order valence-electron chi connectivity index (χ3n) is 4.30. The highest BCUT2D eigenvalue weighted by Gasteiger charge is 2.23. The molecule has 0 saturated heterocycles. The van der Waals surface area contributed by atoms with Crippen molar-refractivity contribution in [3.63, 3.8) is 0 Å². The molecule has 0 aliphatic heterocycles. The van der Waals surface area contributed by atoms with Gasteiger partial charge in [0.15, 0.2) is 0 Å². The number of carbonyl (C=O) groups is 1. The van der Waals surface area contributed by atoms with Crippen LogP contribution in [0.3, 0.4) is 0 Å². The quantitative estimate of drug-likeness (QED) is 0.534. The van der Waals surface area contributed by atoms with Crippen LogP contribution in [0, 0.1) is 0 Å². The van der Waals surface area contributed by atoms with Crippen molar-refractivity contribution in [3.8, 4) is 0 Å². The number of halogens is 1. The Labute approximate surface area is 179 Å². The number of anilines is 1. The van der Waals surface area contributed by atoms with Gasteiger partial charge >= 0.3 is 6.09 Å². The predicted molar refractivity (Wildman–Crippen MR) is 118 cm³/mol. The summed E-state index contributed by atoms with van der Waals surface area (Å²) < 4.78 is 8.11. The number of aromatic nitrogens is 2. The first-order valence-electron chi connectivity index (χ1n) is 9.61. The van der Waals surface area contributed by atoms with Crippen molar-refractivity contribution >= 4 is 38.7 Å². The first kappa shape index (κ1) is 21.3. The number of imidazole rings is 1. The molecule has 3 aromatic rings. The van der Waals surface area contributed by atoms with E-state index in [1.165, 1.54) is 4.57 Å². The van der Waals surface area contributed by atoms with Crippen LogP contribution >= 0.6 is 15.9 Å². The lowest BCUT2D eigenvalue weighted by atomic mass is 10.1. The summed E-state index contributed by atoms with van der Waals surface area (Å²) in [5, 5.41) is 12.4. The highest BCUT2D eigenvalue weighted by Crippen LogP contribution is 2.24. The van der Waals surface area contributed by atoms with Crippen molar-refractivity contribution in [1.29, 1.82) is 0 Å². The average molecular weight is 460 g/mol. The van der Waals surface area contributed by atoms with E-state index in [-0.39, 0.29) is 6.61 Å². The molecule has 29 heavy (non-hydrogen) atoms. The fourth-order valence-corrected chi connectivity index (χ4v) is 3.44. The Morgan fingerprint density at radius 3 is 2.69 bits per heavy atom. The summed E-state index contributed by atoms with van der Waals surface area (Å²) in [6, 6.07) is 13.6. The number of carbonyl (C=O) groups excluding carboxylic acids is 1. The van der Waals surface area contributed by atoms with Crippen molar-refractivity contribution in [2.45, 2.75) is 45.8 Å². The van der Waals surface area contributed by atoms with E-state index in [4.69, 9.17) is 9.84 Å². The average Bonchev–Trinajstić information content (AvgIpc) is 3.02. The Morgan fingerprint density at radius 1 is 1.24 bits per heavy atom. The zero-order valence-electron chi connectivity index (χ0n) is 16.9. The summed E-state index contributed by atoms with van der Waals surface area (Å²) in [4.78, 5) is 17.6. The van der Waals surface area contributed by atoms with E-state index in [9.17, 15) is 4.79 Å². The van der Waals surface area contributed by atoms with Crippen LogP contribution in [0.4, 0.5) is 10.5 Å². The number of ether oxygens (including phenoxy) is 1. The molecule has 2 N–H and O–H groups in total. The van der Waals surface area contributed by atoms with Crippen LogP contribution in [0.1, 0.15) is 38.6 Å². The molecule has 0 saturated carbocycles. The second-order valence-electron chi connectivity index (χ2n) is 7.83. The van der Waals surface area contributed by atoms with E-state index >= 15 is 0 Å². The molecule has 6 nitrogen and oxygen atoms in total. The van der Waals surface area contributed by atoms with Gasteiger partial charge in [-0.1, -0.05) is 18.2 Å². The zero-order valence-corrected chi connectivity index (χ0v) is 18.5. The fraction of sp³-hybridized carbons (Fsp3) is 0.364. The van der Waals surface area contributed by atoms with Crippen molar-refractivity contribution in [1.82, 2.24) is 9.55 Å². The molecule has 0 fully saturated rings. The number of fused-ring (bicyclic) bond motifs is 1. The van der Waals surface area contributed by atoms with Gasteiger partial charge in [-0.2, -0.15) is 0 Å². The van der Waals surface area contributed by atoms with Gasteiger partial charge in [-0.3, -0.25) is 0 Å². The van der Waals surface area contributed by atoms with E-state index in [2.05, 4.69) is 26.2 Å². The molecule has 0 amide bonds. The van der Waals surface area contributed by atoms with E-state index in [1.807, 2.05) is 63.2 Å². The highest BCUT2D eigenvalue weighted by molar-refractivity contribution is 9.10. The SMILES string of the molecule is CC(C)(C)OC(=O)n1c(CNc2ccccc2Br)nc2ccc(CCCO)cc21. The number of aliphatic hydroxyl groups is 1. The Bertz CT molecular complexity index is 1010. The molecule has 154 valence electrons. The molecule has 7 heteroatoms. The standard InChI is InChI=1S/C22H26BrN3O3/c1-22(2,3)29-21(28)26-19-13-15(7-6-12-27)10-11-18(19)25-20(26)14-24-17-9-5-4-8-16(17)23/h4-5,8-11,13,24,27H,6-7,12,14H2,1-3H3. The van der Waals surface area contributed by atoms with Gasteiger partial charge < -0.3 is 15.2 Å². The van der Waals surface area contributed by atoms with E-state index in [0.29, 0.717) is 24.3 Å². The first-order chi connectivity index (χ1) is 13.8. The number of nitrogens with one attached hydrogen (secondary N) is 1. The Morgan fingerprint density at radius 2 is 2.00 bits per heavy atom. The Hall–Kier alpha value is -2.38. The molecule has 0 aliphatic rings. The summed E-state index contributed by atoms with van der Waals surface area (Å²) in [5.41, 5.74) is 2.78. The van der Waals surface area contributed by atoms with E-state index in [0.717, 1.165) is 27.7 Å². The number of aryl methyl sites for hydroxylation is 1. The maximum Gasteiger partial charge on any atom is 0.420 e. The monoisotopic (exact) mass is 459 g/mol. The van der Waals surface area contributed by atoms with Gasteiger partial charge in [-0.25, -0.2) is 14.3 Å². The minimum absolute atomic E-state index is 0.129. The maximum atomic E-state index is 13.0. The minimum atomic E-state index is -0.616. The van der Waals surface area contributed by atoms with Gasteiger partial charge in [0.2, 0.25) is 0 Å². The minimum Gasteiger partial charge on any atom is -0.443 e. The molecule has 0 radical (unpaired) electrons. The van der Waals surface area contributed by atoms with Crippen LogP contribution < -0.4 is 5.32 Å². The topological polar surface area (TPSA) is 76.4 Å². The lowest BCUT2D eigenvalue weighted by Gasteiger charge is -2.20. The third kappa shape index (κ3) is 5.36. The number of benzene rings is 2. The molecule has 3 rings (SSSR count). The second-order valence-corrected chi connectivity index (χ2v) is 8.68. The molecule has 0 atom stereocenters. The summed E-state index contributed by atoms with van der Waals surface area (Å²) in [6.45, 7) is 6.02. The molecule has 0 bridgehead atoms. The van der Waals surface area contributed by atoms with Crippen LogP contribution in [0.5, 0.6) is 0 Å². The lowest BCUT2D eigenvalue weighted by Crippen LogP contribution is -2.28. The predicted octanol–water partition coefficient (Wildman–Crippen LogP) is 5.12. The van der Waals surface area contributed by atoms with Crippen molar-refractivity contribution in [2.75, 3.05) is 11.9 Å². The summed E-state index contributed by atoms with van der Waals surface area (Å²) in [5.74, 6) is 0.573. The molecule has 0 aliphatic carbocycles. The summed E-state index contributed by atoms with van der Waals surface area (Å²) in [7, 11) is 0. The van der Waals surface area contributed by atoms with E-state index < -0.39 is 11.7 Å². The van der Waals surface area contributed by atoms with Crippen LogP contribution in [-0.2, 0) is 17.7 Å². The van der Waals surface area contributed by atoms with Crippen LogP contribution in [0.15, 0.2) is 46.9 Å². The van der Waals surface area contributed by atoms with Gasteiger partial charge in [0.1, 0.15) is 11.4 Å². The molecule has 1 heterocycles. The van der Waals surface area contributed by atoms with Crippen molar-refractivity contribution in [2.24, 2.45) is 0 Å². The maximum absolute atomic E-state index is 13.0. The molecule has 0 unspecified atom stereocenters. The molecular weight excluding hydrogens is 434 g/mol. The number of hydrogen-bond acceptors (Lipinski definition) is 5. The second kappa shape index (κ2) is 8.97. The van der Waals surface area contributed by atoms with Crippen LogP contribution in [0.2, 0.25) is 0 Å². The number of hydrogen-bond donors (Lipinski definition) is 2. The summed E-state index contributed by atoms with van der Waals surface area (Å²) in [6.07, 6.45) is 0.946. The van der Waals surface area contributed by atoms with Gasteiger partial charge in [-0.15, -0.1) is 0 Å². The smallest absolute Gasteiger partial charge is 0.420 e. The summed E-state index contributed by atoms with van der Waals surface area (Å²) >= 11 is 3.52. The first-order valence-corrected chi connectivity index (χ1v) is 10.4. The molecular formula is C22H26BrN3O3. The number of rotatable bonds is 6. The van der Waals surface area contributed by atoms with Gasteiger partial charge in [0.25, 0.3) is 0 Å². The molecule has 0 spiro atoms. The molecule has 2 aromatic carbocycles. The van der Waals surface area contributed by atoms with E-state index in [1.54, 1.807) is 0 Å². The van der Waals surface area contributed by atoms with Crippen molar-refractivity contribution < 1.29 is 14.6 Å². The van der Waals surface area contributed by atoms with Gasteiger partial charge in [0, 0.05) is 16.8 Å². The number of aliphatic hydroxyl groups excluding tert-OH is 1. The van der Waals surface area contributed by atoms with Gasteiger partial charge in [0.05, 0.1) is 17.6 Å². The van der Waals surface area contributed by atoms with Crippen LogP contribution in [-0.4, -0.2) is 33.0 Å². The van der Waals surface area contributed by atoms with Crippen molar-refractivity contribution in [3.05, 3.63) is 58.3 Å². The fourth-order valence-electron chi connectivity index (χ4n) is 3.02.